The summed E-state index contributed by atoms with van der Waals surface area (Å²) in [6.45, 7) is 10.5. The molecule has 57 heavy (non-hydrogen) atoms. The maximum absolute atomic E-state index is 11.5. The summed E-state index contributed by atoms with van der Waals surface area (Å²) in [5, 5.41) is 7.53. The van der Waals surface area contributed by atoms with Gasteiger partial charge in [-0.05, 0) is 138 Å². The van der Waals surface area contributed by atoms with E-state index in [1.807, 2.05) is 6.92 Å². The molecule has 15 nitrogen and oxygen atoms in total. The number of rotatable bonds is 16. The molecule has 0 aromatic heterocycles. The lowest BCUT2D eigenvalue weighted by Gasteiger charge is -2.30. The summed E-state index contributed by atoms with van der Waals surface area (Å²) in [7, 11) is 0. The number of carbonyl (C=O) groups is 3. The molecular formula is C42H68N6O9. The first-order valence-electron chi connectivity index (χ1n) is 21.4. The minimum atomic E-state index is -0.818. The molecule has 9 unspecified atom stereocenters. The van der Waals surface area contributed by atoms with Gasteiger partial charge in [0.15, 0.2) is 0 Å². The van der Waals surface area contributed by atoms with Crippen molar-refractivity contribution in [2.24, 2.45) is 73.7 Å². The number of nitrogens with zero attached hydrogens (tertiary/aromatic N) is 3. The maximum Gasteiger partial charge on any atom is 0.407 e. The van der Waals surface area contributed by atoms with Gasteiger partial charge in [0, 0.05) is 19.6 Å². The van der Waals surface area contributed by atoms with Crippen LogP contribution in [0.5, 0.6) is 0 Å². The van der Waals surface area contributed by atoms with Crippen LogP contribution < -0.4 is 16.0 Å². The van der Waals surface area contributed by atoms with Gasteiger partial charge in [-0.1, -0.05) is 26.2 Å². The molecule has 0 spiro atoms. The summed E-state index contributed by atoms with van der Waals surface area (Å²) in [6, 6.07) is 0. The summed E-state index contributed by atoms with van der Waals surface area (Å²) >= 11 is 0. The van der Waals surface area contributed by atoms with E-state index in [9.17, 15) is 28.8 Å². The Hall–Kier alpha value is -4.05. The van der Waals surface area contributed by atoms with E-state index in [-0.39, 0.29) is 19.8 Å². The van der Waals surface area contributed by atoms with E-state index in [0.717, 1.165) is 72.9 Å². The monoisotopic (exact) mass is 801 g/mol. The van der Waals surface area contributed by atoms with Crippen molar-refractivity contribution in [2.45, 2.75) is 111 Å². The second-order valence-corrected chi connectivity index (χ2v) is 16.8. The van der Waals surface area contributed by atoms with Crippen molar-refractivity contribution in [1.82, 2.24) is 16.0 Å². The Bertz CT molecular complexity index is 1240. The molecule has 6 bridgehead atoms. The van der Waals surface area contributed by atoms with E-state index >= 15 is 0 Å². The zero-order valence-electron chi connectivity index (χ0n) is 34.8. The highest BCUT2D eigenvalue weighted by Crippen LogP contribution is 2.49. The van der Waals surface area contributed by atoms with Crippen LogP contribution in [0, 0.1) is 58.7 Å². The van der Waals surface area contributed by atoms with Gasteiger partial charge in [0.25, 0.3) is 0 Å². The van der Waals surface area contributed by atoms with Crippen molar-refractivity contribution in [1.29, 1.82) is 0 Å². The number of fused-ring (bicyclic) bond motifs is 6. The van der Waals surface area contributed by atoms with E-state index in [1.165, 1.54) is 77.0 Å². The van der Waals surface area contributed by atoms with Crippen molar-refractivity contribution in [3.05, 3.63) is 0 Å². The summed E-state index contributed by atoms with van der Waals surface area (Å²) in [4.78, 5) is 75.2. The molecule has 9 atom stereocenters. The Morgan fingerprint density at radius 2 is 0.807 bits per heavy atom. The third kappa shape index (κ3) is 16.4. The van der Waals surface area contributed by atoms with E-state index in [4.69, 9.17) is 14.2 Å². The smallest absolute Gasteiger partial charge is 0.407 e. The van der Waals surface area contributed by atoms with Gasteiger partial charge in [-0.3, -0.25) is 0 Å². The highest BCUT2D eigenvalue weighted by Gasteiger charge is 2.41. The first-order chi connectivity index (χ1) is 27.6. The highest BCUT2D eigenvalue weighted by atomic mass is 16.6. The predicted octanol–water partition coefficient (Wildman–Crippen LogP) is 6.90. The molecule has 6 fully saturated rings. The second kappa shape index (κ2) is 26.1. The molecule has 0 saturated heterocycles. The number of alkyl carbamates (subject to hydrolysis) is 3. The fourth-order valence-electron chi connectivity index (χ4n) is 9.94. The van der Waals surface area contributed by atoms with Gasteiger partial charge in [-0.15, -0.1) is 0 Å². The second-order valence-electron chi connectivity index (χ2n) is 16.8. The number of isocyanates is 3. The molecule has 320 valence electrons. The molecule has 0 radical (unpaired) electrons. The van der Waals surface area contributed by atoms with Crippen LogP contribution in [0.3, 0.4) is 0 Å². The molecule has 6 rings (SSSR count). The molecule has 3 amide bonds. The van der Waals surface area contributed by atoms with Gasteiger partial charge in [-0.2, -0.15) is 0 Å². The Balaban J connectivity index is 0.000000218. The van der Waals surface area contributed by atoms with Crippen LogP contribution in [0.1, 0.15) is 111 Å². The SMILES string of the molecule is CCNC(=O)OCC(CC)(COC(=O)NCC)COC(=O)NCC.O=C=NCC1CC2CCC1C2.O=C=NCC1CC2CCC1C2.O=C=NCC1CC2CCC1C2. The van der Waals surface area contributed by atoms with Crippen LogP contribution >= 0.6 is 0 Å². The first kappa shape index (κ1) is 47.3. The lowest BCUT2D eigenvalue weighted by molar-refractivity contribution is -0.0172. The normalized spacial score (nSPS) is 27.9. The molecule has 3 N–H and O–H groups in total. The minimum absolute atomic E-state index is 0.0475. The van der Waals surface area contributed by atoms with E-state index in [1.54, 1.807) is 39.0 Å². The van der Waals surface area contributed by atoms with Crippen LogP contribution in [0.25, 0.3) is 0 Å². The average molecular weight is 801 g/mol. The van der Waals surface area contributed by atoms with Crippen LogP contribution in [-0.2, 0) is 28.6 Å². The number of aliphatic imine (C=N–C) groups is 3. The molecule has 6 aliphatic carbocycles. The predicted molar refractivity (Wildman–Crippen MR) is 214 cm³/mol. The number of hydrogen-bond acceptors (Lipinski definition) is 12. The zero-order valence-corrected chi connectivity index (χ0v) is 34.8. The number of nitrogens with one attached hydrogen (secondary N) is 3. The van der Waals surface area contributed by atoms with E-state index < -0.39 is 23.7 Å². The maximum atomic E-state index is 11.5. The lowest BCUT2D eigenvalue weighted by Crippen LogP contribution is -2.42. The van der Waals surface area contributed by atoms with Crippen LogP contribution in [-0.4, -0.2) is 95.6 Å². The van der Waals surface area contributed by atoms with Crippen LogP contribution in [0.15, 0.2) is 15.0 Å². The van der Waals surface area contributed by atoms with Gasteiger partial charge < -0.3 is 30.2 Å². The summed E-state index contributed by atoms with van der Waals surface area (Å²) in [5.41, 5.74) is -0.818. The van der Waals surface area contributed by atoms with Gasteiger partial charge >= 0.3 is 18.3 Å². The standard InChI is InChI=1S/C15H29N3O6.3C9H13NO/c1-5-15(9-22-12(19)16-6-2,10-23-13(20)17-7-3)11-24-14(21)18-8-4;3*11-6-10-5-9-4-7-1-2-8(9)3-7/h5-11H2,1-4H3,(H,16,19)(H,17,20)(H,18,21);3*7-9H,1-5H2. The quantitative estimate of drug-likeness (QED) is 0.0843. The molecular weight excluding hydrogens is 732 g/mol. The highest BCUT2D eigenvalue weighted by molar-refractivity contribution is 5.68. The fourth-order valence-corrected chi connectivity index (χ4v) is 9.94. The molecule has 0 aliphatic heterocycles. The topological polar surface area (TPSA) is 203 Å². The third-order valence-corrected chi connectivity index (χ3v) is 13.1. The first-order valence-corrected chi connectivity index (χ1v) is 21.4. The van der Waals surface area contributed by atoms with Gasteiger partial charge in [-0.25, -0.2) is 43.7 Å². The van der Waals surface area contributed by atoms with Crippen molar-refractivity contribution in [2.75, 3.05) is 59.1 Å². The Kier molecular flexibility index (Phi) is 21.6. The van der Waals surface area contributed by atoms with Crippen LogP contribution in [0.4, 0.5) is 14.4 Å². The van der Waals surface area contributed by atoms with Crippen LogP contribution in [0.2, 0.25) is 0 Å². The summed E-state index contributed by atoms with van der Waals surface area (Å²) < 4.78 is 15.4. The average Bonchev–Trinajstić information content (AvgIpc) is 4.10. The number of ether oxygens (including phenoxy) is 3. The molecule has 6 saturated carbocycles. The van der Waals surface area contributed by atoms with Gasteiger partial charge in [0.1, 0.15) is 19.8 Å². The lowest BCUT2D eigenvalue weighted by atomic mass is 9.88. The minimum Gasteiger partial charge on any atom is -0.449 e. The molecule has 6 aliphatic rings. The third-order valence-electron chi connectivity index (χ3n) is 13.1. The van der Waals surface area contributed by atoms with Crippen molar-refractivity contribution in [3.63, 3.8) is 0 Å². The van der Waals surface area contributed by atoms with Crippen molar-refractivity contribution < 1.29 is 43.0 Å². The molecule has 0 aromatic carbocycles. The molecule has 0 aromatic rings. The number of hydrogen-bond donors (Lipinski definition) is 3. The van der Waals surface area contributed by atoms with E-state index in [2.05, 4.69) is 30.9 Å². The van der Waals surface area contributed by atoms with Crippen molar-refractivity contribution in [3.8, 4) is 0 Å². The van der Waals surface area contributed by atoms with Gasteiger partial charge in [0.05, 0.1) is 25.0 Å². The Labute approximate surface area is 338 Å². The fraction of sp³-hybridized carbons (Fsp3) is 0.857. The van der Waals surface area contributed by atoms with Gasteiger partial charge in [0.2, 0.25) is 18.2 Å². The summed E-state index contributed by atoms with van der Waals surface area (Å²) in [6.07, 6.45) is 20.2. The van der Waals surface area contributed by atoms with E-state index in [0.29, 0.717) is 26.1 Å². The molecule has 15 heteroatoms. The van der Waals surface area contributed by atoms with Crippen molar-refractivity contribution >= 4 is 36.5 Å². The summed E-state index contributed by atoms with van der Waals surface area (Å²) in [5.74, 6) is 7.71. The Morgan fingerprint density at radius 3 is 1.00 bits per heavy atom. The number of amides is 3. The zero-order chi connectivity index (χ0) is 41.5. The largest absolute Gasteiger partial charge is 0.449 e. The molecule has 0 heterocycles. The Morgan fingerprint density at radius 1 is 0.509 bits per heavy atom. The number of carbonyl (C=O) groups excluding carboxylic acids is 6.